The fourth-order valence-corrected chi connectivity index (χ4v) is 4.34. The molecule has 0 radical (unpaired) electrons. The molecule has 0 aliphatic carbocycles. The van der Waals surface area contributed by atoms with Crippen LogP contribution in [-0.2, 0) is 10.0 Å². The highest BCUT2D eigenvalue weighted by Gasteiger charge is 2.22. The molecule has 102 valence electrons. The van der Waals surface area contributed by atoms with E-state index in [-0.39, 0.29) is 17.1 Å². The Balaban J connectivity index is 3.06. The van der Waals surface area contributed by atoms with Gasteiger partial charge in [-0.25, -0.2) is 13.1 Å². The second-order valence-electron chi connectivity index (χ2n) is 3.49. The van der Waals surface area contributed by atoms with E-state index in [9.17, 15) is 8.42 Å². The first-order chi connectivity index (χ1) is 8.27. The van der Waals surface area contributed by atoms with Gasteiger partial charge in [0, 0.05) is 15.5 Å². The summed E-state index contributed by atoms with van der Waals surface area (Å²) < 4.78 is 27.1. The van der Waals surface area contributed by atoms with E-state index in [1.54, 1.807) is 6.07 Å². The van der Waals surface area contributed by atoms with E-state index in [2.05, 4.69) is 36.6 Å². The van der Waals surface area contributed by atoms with Crippen molar-refractivity contribution in [3.63, 3.8) is 0 Å². The Hall–Kier alpha value is -0.190. The van der Waals surface area contributed by atoms with E-state index in [0.717, 1.165) is 0 Å². The third-order valence-electron chi connectivity index (χ3n) is 2.03. The van der Waals surface area contributed by atoms with Crippen molar-refractivity contribution in [3.8, 4) is 0 Å². The van der Waals surface area contributed by atoms with Crippen molar-refractivity contribution in [1.82, 2.24) is 4.72 Å². The maximum atomic E-state index is 12.0. The number of aliphatic hydroxyl groups is 2. The molecule has 0 bridgehead atoms. The van der Waals surface area contributed by atoms with E-state index >= 15 is 0 Å². The van der Waals surface area contributed by atoms with Gasteiger partial charge in [-0.1, -0.05) is 15.9 Å². The quantitative estimate of drug-likeness (QED) is 0.532. The third kappa shape index (κ3) is 3.90. The summed E-state index contributed by atoms with van der Waals surface area (Å²) >= 11 is 6.31. The maximum Gasteiger partial charge on any atom is 0.243 e. The molecular formula is C9H12Br2N2O4S. The van der Waals surface area contributed by atoms with Crippen LogP contribution in [0.4, 0.5) is 5.69 Å². The van der Waals surface area contributed by atoms with Crippen molar-refractivity contribution >= 4 is 47.6 Å². The molecule has 9 heteroatoms. The van der Waals surface area contributed by atoms with Gasteiger partial charge in [-0.05, 0) is 28.1 Å². The maximum absolute atomic E-state index is 12.0. The van der Waals surface area contributed by atoms with E-state index in [4.69, 9.17) is 15.9 Å². The first kappa shape index (κ1) is 15.9. The van der Waals surface area contributed by atoms with Crippen LogP contribution in [0.5, 0.6) is 0 Å². The van der Waals surface area contributed by atoms with Gasteiger partial charge in [0.1, 0.15) is 4.90 Å². The zero-order valence-corrected chi connectivity index (χ0v) is 13.1. The lowest BCUT2D eigenvalue weighted by Crippen LogP contribution is -2.34. The summed E-state index contributed by atoms with van der Waals surface area (Å²) in [5.41, 5.74) is 5.73. The molecule has 1 aromatic rings. The van der Waals surface area contributed by atoms with E-state index in [1.807, 2.05) is 0 Å². The summed E-state index contributed by atoms with van der Waals surface area (Å²) in [5, 5.41) is 17.7. The van der Waals surface area contributed by atoms with Crippen molar-refractivity contribution < 1.29 is 18.6 Å². The van der Waals surface area contributed by atoms with Crippen molar-refractivity contribution in [2.24, 2.45) is 0 Å². The lowest BCUT2D eigenvalue weighted by atomic mass is 10.3. The molecule has 0 aromatic heterocycles. The first-order valence-corrected chi connectivity index (χ1v) is 7.88. The Bertz CT molecular complexity index is 512. The molecule has 6 nitrogen and oxygen atoms in total. The predicted molar refractivity (Wildman–Crippen MR) is 74.5 cm³/mol. The molecule has 0 spiro atoms. The highest BCUT2D eigenvalue weighted by atomic mass is 79.9. The van der Waals surface area contributed by atoms with Gasteiger partial charge >= 0.3 is 0 Å². The van der Waals surface area contributed by atoms with Gasteiger partial charge in [0.15, 0.2) is 0 Å². The van der Waals surface area contributed by atoms with Gasteiger partial charge in [0.2, 0.25) is 10.0 Å². The molecule has 0 amide bonds. The Morgan fingerprint density at radius 3 is 2.50 bits per heavy atom. The third-order valence-corrected chi connectivity index (χ3v) is 4.91. The summed E-state index contributed by atoms with van der Waals surface area (Å²) in [4.78, 5) is -0.101. The Morgan fingerprint density at radius 2 is 2.00 bits per heavy atom. The lowest BCUT2D eigenvalue weighted by Gasteiger charge is -2.13. The second-order valence-corrected chi connectivity index (χ2v) is 6.97. The number of anilines is 1. The van der Waals surface area contributed by atoms with Crippen LogP contribution in [0, 0.1) is 0 Å². The average molecular weight is 404 g/mol. The number of sulfonamides is 1. The van der Waals surface area contributed by atoms with Gasteiger partial charge < -0.3 is 15.9 Å². The van der Waals surface area contributed by atoms with Crippen LogP contribution in [0.25, 0.3) is 0 Å². The van der Waals surface area contributed by atoms with Gasteiger partial charge in [-0.15, -0.1) is 0 Å². The van der Waals surface area contributed by atoms with E-state index in [1.165, 1.54) is 6.07 Å². The van der Waals surface area contributed by atoms with E-state index in [0.29, 0.717) is 8.95 Å². The topological polar surface area (TPSA) is 113 Å². The van der Waals surface area contributed by atoms with Crippen LogP contribution >= 0.6 is 31.9 Å². The highest BCUT2D eigenvalue weighted by molar-refractivity contribution is 9.11. The van der Waals surface area contributed by atoms with Crippen LogP contribution in [0.1, 0.15) is 0 Å². The molecular weight excluding hydrogens is 392 g/mol. The van der Waals surface area contributed by atoms with Crippen LogP contribution in [-0.4, -0.2) is 37.9 Å². The molecule has 0 aliphatic heterocycles. The molecule has 1 unspecified atom stereocenters. The van der Waals surface area contributed by atoms with Crippen molar-refractivity contribution in [1.29, 1.82) is 0 Å². The van der Waals surface area contributed by atoms with Crippen molar-refractivity contribution in [2.45, 2.75) is 11.0 Å². The SMILES string of the molecule is Nc1cc(Br)cc(Br)c1S(=O)(=O)NCC(O)CO. The van der Waals surface area contributed by atoms with Gasteiger partial charge in [-0.2, -0.15) is 0 Å². The Morgan fingerprint density at radius 1 is 1.39 bits per heavy atom. The minimum atomic E-state index is -3.86. The lowest BCUT2D eigenvalue weighted by molar-refractivity contribution is 0.0988. The monoisotopic (exact) mass is 402 g/mol. The van der Waals surface area contributed by atoms with Gasteiger partial charge in [0.25, 0.3) is 0 Å². The highest BCUT2D eigenvalue weighted by Crippen LogP contribution is 2.31. The number of nitrogen functional groups attached to an aromatic ring is 1. The minimum absolute atomic E-state index is 0.0715. The largest absolute Gasteiger partial charge is 0.398 e. The second kappa shape index (κ2) is 6.31. The molecule has 0 saturated carbocycles. The number of hydrogen-bond acceptors (Lipinski definition) is 5. The fraction of sp³-hybridized carbons (Fsp3) is 0.333. The van der Waals surface area contributed by atoms with Crippen molar-refractivity contribution in [2.75, 3.05) is 18.9 Å². The molecule has 1 atom stereocenters. The average Bonchev–Trinajstić information content (AvgIpc) is 2.24. The summed E-state index contributed by atoms with van der Waals surface area (Å²) in [6.07, 6.45) is -1.16. The smallest absolute Gasteiger partial charge is 0.243 e. The molecule has 1 rings (SSSR count). The fourth-order valence-electron chi connectivity index (χ4n) is 1.21. The van der Waals surface area contributed by atoms with Crippen LogP contribution < -0.4 is 10.5 Å². The number of nitrogens with two attached hydrogens (primary N) is 1. The van der Waals surface area contributed by atoms with Gasteiger partial charge in [-0.3, -0.25) is 0 Å². The van der Waals surface area contributed by atoms with Crippen LogP contribution in [0.3, 0.4) is 0 Å². The van der Waals surface area contributed by atoms with Crippen LogP contribution in [0.15, 0.2) is 26.0 Å². The normalized spacial score (nSPS) is 13.6. The standard InChI is InChI=1S/C9H12Br2N2O4S/c10-5-1-7(11)9(8(12)2-5)18(16,17)13-3-6(15)4-14/h1-2,6,13-15H,3-4,12H2. The Labute approximate surface area is 122 Å². The number of hydrogen-bond donors (Lipinski definition) is 4. The van der Waals surface area contributed by atoms with E-state index < -0.39 is 22.7 Å². The first-order valence-electron chi connectivity index (χ1n) is 4.81. The minimum Gasteiger partial charge on any atom is -0.398 e. The van der Waals surface area contributed by atoms with Crippen LogP contribution in [0.2, 0.25) is 0 Å². The van der Waals surface area contributed by atoms with Gasteiger partial charge in [0.05, 0.1) is 18.4 Å². The Kier molecular flexibility index (Phi) is 5.56. The summed E-state index contributed by atoms with van der Waals surface area (Å²) in [6.45, 7) is -0.819. The van der Waals surface area contributed by atoms with Crippen molar-refractivity contribution in [3.05, 3.63) is 21.1 Å². The molecule has 0 aliphatic rings. The number of benzene rings is 1. The number of aliphatic hydroxyl groups excluding tert-OH is 2. The number of rotatable bonds is 5. The number of nitrogens with one attached hydrogen (secondary N) is 1. The molecule has 0 fully saturated rings. The summed E-state index contributed by atoms with van der Waals surface area (Å²) in [7, 11) is -3.86. The number of halogens is 2. The predicted octanol–water partition coefficient (Wildman–Crippen LogP) is 0.425. The zero-order valence-electron chi connectivity index (χ0n) is 9.10. The summed E-state index contributed by atoms with van der Waals surface area (Å²) in [6, 6.07) is 3.01. The molecule has 5 N–H and O–H groups in total. The molecule has 0 heterocycles. The molecule has 0 saturated heterocycles. The molecule has 1 aromatic carbocycles. The summed E-state index contributed by atoms with van der Waals surface area (Å²) in [5.74, 6) is 0. The molecule has 18 heavy (non-hydrogen) atoms. The zero-order chi connectivity index (χ0) is 13.9.